The molecule has 2 nitrogen and oxygen atoms in total. The van der Waals surface area contributed by atoms with Crippen molar-refractivity contribution in [2.75, 3.05) is 7.11 Å². The van der Waals surface area contributed by atoms with Gasteiger partial charge >= 0.3 is 0 Å². The minimum atomic E-state index is -0.0253. The molecule has 0 heterocycles. The Hall–Kier alpha value is -1.28. The Labute approximate surface area is 119 Å². The van der Waals surface area contributed by atoms with Crippen LogP contribution in [0.2, 0.25) is 5.02 Å². The zero-order valence-corrected chi connectivity index (χ0v) is 12.2. The summed E-state index contributed by atoms with van der Waals surface area (Å²) < 4.78 is 5.20. The van der Waals surface area contributed by atoms with Crippen molar-refractivity contribution >= 4 is 17.4 Å². The van der Waals surface area contributed by atoms with E-state index in [0.29, 0.717) is 27.8 Å². The Balaban J connectivity index is 2.28. The van der Waals surface area contributed by atoms with Crippen LogP contribution >= 0.6 is 11.6 Å². The molecule has 102 valence electrons. The van der Waals surface area contributed by atoms with Crippen LogP contribution in [0.25, 0.3) is 0 Å². The third-order valence-electron chi connectivity index (χ3n) is 3.94. The zero-order valence-electron chi connectivity index (χ0n) is 11.5. The van der Waals surface area contributed by atoms with Crippen molar-refractivity contribution in [3.8, 4) is 5.75 Å². The van der Waals surface area contributed by atoms with Crippen LogP contribution in [0, 0.1) is 12.8 Å². The molecule has 1 aliphatic carbocycles. The lowest BCUT2D eigenvalue weighted by Crippen LogP contribution is -2.11. The minimum Gasteiger partial charge on any atom is -0.496 e. The number of carbonyl (C=O) groups excluding carboxylic acids is 1. The first kappa shape index (κ1) is 14.1. The first-order valence-electron chi connectivity index (χ1n) is 6.62. The standard InChI is InChI=1S/C16H19ClO2/c1-10(12-6-4-5-7-12)16(18)13-8-9-14(19-3)11(2)15(13)17/h8-9,12H,1,4-7H2,2-3H3. The molecule has 0 aromatic heterocycles. The Kier molecular flexibility index (Phi) is 4.31. The SMILES string of the molecule is C=C(C(=O)c1ccc(OC)c(C)c1Cl)C1CCCC1. The van der Waals surface area contributed by atoms with E-state index in [0.717, 1.165) is 18.4 Å². The van der Waals surface area contributed by atoms with Crippen LogP contribution in [0.1, 0.15) is 41.6 Å². The number of methoxy groups -OCH3 is 1. The smallest absolute Gasteiger partial charge is 0.190 e. The van der Waals surface area contributed by atoms with E-state index >= 15 is 0 Å². The molecule has 1 aliphatic rings. The second-order valence-corrected chi connectivity index (χ2v) is 5.47. The van der Waals surface area contributed by atoms with Crippen LogP contribution in [0.3, 0.4) is 0 Å². The lowest BCUT2D eigenvalue weighted by Gasteiger charge is -2.14. The van der Waals surface area contributed by atoms with E-state index in [1.54, 1.807) is 19.2 Å². The van der Waals surface area contributed by atoms with Crippen molar-refractivity contribution in [1.29, 1.82) is 0 Å². The Morgan fingerprint density at radius 2 is 2.00 bits per heavy atom. The number of ketones is 1. The third kappa shape index (κ3) is 2.69. The van der Waals surface area contributed by atoms with Gasteiger partial charge in [0.05, 0.1) is 12.1 Å². The van der Waals surface area contributed by atoms with E-state index in [1.165, 1.54) is 12.8 Å². The summed E-state index contributed by atoms with van der Waals surface area (Å²) in [5, 5.41) is 0.475. The molecule has 0 saturated heterocycles. The average Bonchev–Trinajstić information content (AvgIpc) is 2.94. The summed E-state index contributed by atoms with van der Waals surface area (Å²) in [4.78, 5) is 12.5. The lowest BCUT2D eigenvalue weighted by molar-refractivity contribution is 0.102. The van der Waals surface area contributed by atoms with Crippen LogP contribution in [0.4, 0.5) is 0 Å². The van der Waals surface area contributed by atoms with Gasteiger partial charge in [0, 0.05) is 11.1 Å². The van der Waals surface area contributed by atoms with Gasteiger partial charge in [-0.15, -0.1) is 0 Å². The summed E-state index contributed by atoms with van der Waals surface area (Å²) in [5.41, 5.74) is 2.04. The molecule has 1 aromatic carbocycles. The van der Waals surface area contributed by atoms with Gasteiger partial charge < -0.3 is 4.74 Å². The molecule has 0 bridgehead atoms. The first-order chi connectivity index (χ1) is 9.06. The molecule has 0 atom stereocenters. The van der Waals surface area contributed by atoms with Gasteiger partial charge in [-0.3, -0.25) is 4.79 Å². The fourth-order valence-corrected chi connectivity index (χ4v) is 2.94. The number of carbonyl (C=O) groups is 1. The monoisotopic (exact) mass is 278 g/mol. The predicted octanol–water partition coefficient (Wildman–Crippen LogP) is 4.59. The third-order valence-corrected chi connectivity index (χ3v) is 4.43. The summed E-state index contributed by atoms with van der Waals surface area (Å²) >= 11 is 6.28. The first-order valence-corrected chi connectivity index (χ1v) is 7.00. The van der Waals surface area contributed by atoms with Crippen molar-refractivity contribution in [1.82, 2.24) is 0 Å². The maximum atomic E-state index is 12.5. The molecular formula is C16H19ClO2. The van der Waals surface area contributed by atoms with Gasteiger partial charge in [-0.05, 0) is 43.4 Å². The molecule has 2 rings (SSSR count). The number of allylic oxidation sites excluding steroid dienone is 1. The number of hydrogen-bond acceptors (Lipinski definition) is 2. The Morgan fingerprint density at radius 1 is 1.37 bits per heavy atom. The molecule has 0 N–H and O–H groups in total. The number of halogens is 1. The molecule has 0 aliphatic heterocycles. The highest BCUT2D eigenvalue weighted by atomic mass is 35.5. The fourth-order valence-electron chi connectivity index (χ4n) is 2.70. The van der Waals surface area contributed by atoms with Crippen LogP contribution < -0.4 is 4.74 Å². The number of rotatable bonds is 4. The highest BCUT2D eigenvalue weighted by Crippen LogP contribution is 2.35. The van der Waals surface area contributed by atoms with Crippen molar-refractivity contribution in [2.24, 2.45) is 5.92 Å². The molecule has 1 saturated carbocycles. The Morgan fingerprint density at radius 3 is 2.58 bits per heavy atom. The van der Waals surface area contributed by atoms with Gasteiger partial charge in [0.15, 0.2) is 5.78 Å². The second kappa shape index (κ2) is 5.79. The highest BCUT2D eigenvalue weighted by Gasteiger charge is 2.25. The zero-order chi connectivity index (χ0) is 14.0. The Bertz CT molecular complexity index is 514. The predicted molar refractivity (Wildman–Crippen MR) is 78.2 cm³/mol. The van der Waals surface area contributed by atoms with E-state index in [9.17, 15) is 4.79 Å². The summed E-state index contributed by atoms with van der Waals surface area (Å²) in [6, 6.07) is 3.52. The van der Waals surface area contributed by atoms with Crippen LogP contribution in [0.15, 0.2) is 24.3 Å². The second-order valence-electron chi connectivity index (χ2n) is 5.09. The van der Waals surface area contributed by atoms with E-state index in [-0.39, 0.29) is 5.78 Å². The van der Waals surface area contributed by atoms with Crippen LogP contribution in [-0.4, -0.2) is 12.9 Å². The fraction of sp³-hybridized carbons (Fsp3) is 0.438. The maximum Gasteiger partial charge on any atom is 0.190 e. The average molecular weight is 279 g/mol. The number of Topliss-reactive ketones (excluding diaryl/α,β-unsaturated/α-hetero) is 1. The number of benzene rings is 1. The quantitative estimate of drug-likeness (QED) is 0.595. The molecular weight excluding hydrogens is 260 g/mol. The molecule has 1 fully saturated rings. The topological polar surface area (TPSA) is 26.3 Å². The van der Waals surface area contributed by atoms with Gasteiger partial charge in [0.25, 0.3) is 0 Å². The molecule has 0 spiro atoms. The molecule has 19 heavy (non-hydrogen) atoms. The highest BCUT2D eigenvalue weighted by molar-refractivity contribution is 6.35. The van der Waals surface area contributed by atoms with Gasteiger partial charge in [0.2, 0.25) is 0 Å². The maximum absolute atomic E-state index is 12.5. The van der Waals surface area contributed by atoms with E-state index in [2.05, 4.69) is 6.58 Å². The van der Waals surface area contributed by atoms with Crippen molar-refractivity contribution in [3.05, 3.63) is 40.4 Å². The van der Waals surface area contributed by atoms with E-state index < -0.39 is 0 Å². The van der Waals surface area contributed by atoms with Crippen molar-refractivity contribution in [2.45, 2.75) is 32.6 Å². The summed E-state index contributed by atoms with van der Waals surface area (Å²) in [6.45, 7) is 5.84. The van der Waals surface area contributed by atoms with Crippen LogP contribution in [0.5, 0.6) is 5.75 Å². The number of ether oxygens (including phenoxy) is 1. The van der Waals surface area contributed by atoms with E-state index in [1.807, 2.05) is 6.92 Å². The van der Waals surface area contributed by atoms with Gasteiger partial charge in [-0.25, -0.2) is 0 Å². The summed E-state index contributed by atoms with van der Waals surface area (Å²) in [6.07, 6.45) is 4.51. The molecule has 0 radical (unpaired) electrons. The van der Waals surface area contributed by atoms with Crippen LogP contribution in [-0.2, 0) is 0 Å². The van der Waals surface area contributed by atoms with Crippen molar-refractivity contribution in [3.63, 3.8) is 0 Å². The summed E-state index contributed by atoms with van der Waals surface area (Å²) in [5.74, 6) is 1.00. The minimum absolute atomic E-state index is 0.0253. The molecule has 1 aromatic rings. The largest absolute Gasteiger partial charge is 0.496 e. The van der Waals surface area contributed by atoms with Crippen molar-refractivity contribution < 1.29 is 9.53 Å². The molecule has 0 unspecified atom stereocenters. The molecule has 3 heteroatoms. The van der Waals surface area contributed by atoms with Gasteiger partial charge in [0.1, 0.15) is 5.75 Å². The number of hydrogen-bond donors (Lipinski definition) is 0. The van der Waals surface area contributed by atoms with Gasteiger partial charge in [-0.2, -0.15) is 0 Å². The van der Waals surface area contributed by atoms with Gasteiger partial charge in [-0.1, -0.05) is 31.0 Å². The lowest BCUT2D eigenvalue weighted by atomic mass is 9.91. The molecule has 0 amide bonds. The normalized spacial score (nSPS) is 15.5. The van der Waals surface area contributed by atoms with E-state index in [4.69, 9.17) is 16.3 Å². The summed E-state index contributed by atoms with van der Waals surface area (Å²) in [7, 11) is 1.59.